The summed E-state index contributed by atoms with van der Waals surface area (Å²) in [7, 11) is 0. The number of hydrogen-bond donors (Lipinski definition) is 3. The number of aliphatic hydroxyl groups excluding tert-OH is 2. The number of ether oxygens (including phenoxy) is 2. The molecule has 2 heterocycles. The van der Waals surface area contributed by atoms with Crippen LogP contribution in [0.5, 0.6) is 0 Å². The maximum Gasteiger partial charge on any atom is 0.222 e. The predicted octanol–water partition coefficient (Wildman–Crippen LogP) is 0.793. The number of nitrogens with one attached hydrogen (secondary N) is 1. The van der Waals surface area contributed by atoms with Gasteiger partial charge in [0.1, 0.15) is 6.04 Å². The molecule has 0 radical (unpaired) electrons. The van der Waals surface area contributed by atoms with Gasteiger partial charge in [0.2, 0.25) is 11.8 Å². The largest absolute Gasteiger partial charge is 0.393 e. The van der Waals surface area contributed by atoms with Gasteiger partial charge in [0.25, 0.3) is 0 Å². The van der Waals surface area contributed by atoms with Crippen molar-refractivity contribution in [3.05, 3.63) is 0 Å². The van der Waals surface area contributed by atoms with Crippen molar-refractivity contribution < 1.29 is 29.3 Å². The summed E-state index contributed by atoms with van der Waals surface area (Å²) in [5.41, 5.74) is 0. The van der Waals surface area contributed by atoms with Crippen LogP contribution < -0.4 is 5.32 Å². The van der Waals surface area contributed by atoms with Crippen LogP contribution in [0.1, 0.15) is 59.3 Å². The number of carbonyl (C=O) groups is 2. The Labute approximate surface area is 167 Å². The molecule has 0 aromatic carbocycles. The molecule has 2 fully saturated rings. The van der Waals surface area contributed by atoms with Crippen molar-refractivity contribution in [1.82, 2.24) is 10.2 Å². The monoisotopic (exact) mass is 400 g/mol. The van der Waals surface area contributed by atoms with Crippen LogP contribution in [0, 0.1) is 5.92 Å². The standard InChI is InChI=1S/C20H36N2O6/c1-4-16-13(2)19(26)18(21-14(3)23)20(28-16)27-12-6-5-7-17(25)22-10-8-15(24)9-11-22/h13,15-16,18-20,24,26H,4-12H2,1-3H3,(H,21,23). The lowest BCUT2D eigenvalue weighted by Crippen LogP contribution is -2.61. The maximum atomic E-state index is 12.2. The summed E-state index contributed by atoms with van der Waals surface area (Å²) in [6.45, 7) is 6.96. The van der Waals surface area contributed by atoms with Crippen LogP contribution in [0.15, 0.2) is 0 Å². The Kier molecular flexibility index (Phi) is 9.14. The van der Waals surface area contributed by atoms with Crippen molar-refractivity contribution in [2.45, 2.75) is 89.9 Å². The van der Waals surface area contributed by atoms with Crippen LogP contribution >= 0.6 is 0 Å². The molecule has 2 saturated heterocycles. The lowest BCUT2D eigenvalue weighted by Gasteiger charge is -2.43. The van der Waals surface area contributed by atoms with E-state index in [4.69, 9.17) is 9.47 Å². The third kappa shape index (κ3) is 6.40. The van der Waals surface area contributed by atoms with Crippen molar-refractivity contribution >= 4 is 11.8 Å². The lowest BCUT2D eigenvalue weighted by atomic mass is 9.88. The zero-order chi connectivity index (χ0) is 20.7. The Hall–Kier alpha value is -1.22. The third-order valence-electron chi connectivity index (χ3n) is 5.75. The van der Waals surface area contributed by atoms with Crippen molar-refractivity contribution in [3.8, 4) is 0 Å². The fourth-order valence-corrected chi connectivity index (χ4v) is 3.94. The van der Waals surface area contributed by atoms with Crippen molar-refractivity contribution in [2.75, 3.05) is 19.7 Å². The van der Waals surface area contributed by atoms with Gasteiger partial charge in [-0.3, -0.25) is 9.59 Å². The minimum Gasteiger partial charge on any atom is -0.393 e. The van der Waals surface area contributed by atoms with Gasteiger partial charge < -0.3 is 29.9 Å². The molecular weight excluding hydrogens is 364 g/mol. The Morgan fingerprint density at radius 1 is 1.21 bits per heavy atom. The molecule has 3 N–H and O–H groups in total. The minimum absolute atomic E-state index is 0.0950. The number of carbonyl (C=O) groups excluding carboxylic acids is 2. The summed E-state index contributed by atoms with van der Waals surface area (Å²) < 4.78 is 11.8. The Bertz CT molecular complexity index is 509. The normalized spacial score (nSPS) is 31.6. The summed E-state index contributed by atoms with van der Waals surface area (Å²) in [6, 6.07) is -0.600. The fourth-order valence-electron chi connectivity index (χ4n) is 3.94. The number of hydrogen-bond acceptors (Lipinski definition) is 6. The molecule has 2 rings (SSSR count). The first-order valence-corrected chi connectivity index (χ1v) is 10.5. The molecule has 0 aromatic rings. The molecule has 162 valence electrons. The summed E-state index contributed by atoms with van der Waals surface area (Å²) in [5, 5.41) is 22.8. The first-order valence-electron chi connectivity index (χ1n) is 10.5. The highest BCUT2D eigenvalue weighted by atomic mass is 16.7. The van der Waals surface area contributed by atoms with Gasteiger partial charge in [-0.2, -0.15) is 0 Å². The quantitative estimate of drug-likeness (QED) is 0.520. The third-order valence-corrected chi connectivity index (χ3v) is 5.75. The van der Waals surface area contributed by atoms with E-state index in [1.807, 2.05) is 18.7 Å². The zero-order valence-electron chi connectivity index (χ0n) is 17.3. The number of piperidine rings is 1. The Morgan fingerprint density at radius 3 is 2.50 bits per heavy atom. The lowest BCUT2D eigenvalue weighted by molar-refractivity contribution is -0.249. The second-order valence-electron chi connectivity index (χ2n) is 7.97. The minimum atomic E-state index is -0.733. The number of rotatable bonds is 8. The number of amides is 2. The Morgan fingerprint density at radius 2 is 1.89 bits per heavy atom. The first kappa shape index (κ1) is 23.1. The van der Waals surface area contributed by atoms with Crippen LogP contribution in [0.4, 0.5) is 0 Å². The smallest absolute Gasteiger partial charge is 0.222 e. The molecule has 0 spiro atoms. The van der Waals surface area contributed by atoms with Crippen molar-refractivity contribution in [3.63, 3.8) is 0 Å². The highest BCUT2D eigenvalue weighted by molar-refractivity contribution is 5.76. The van der Waals surface area contributed by atoms with Crippen molar-refractivity contribution in [2.24, 2.45) is 5.92 Å². The number of nitrogens with zero attached hydrogens (tertiary/aromatic N) is 1. The molecule has 8 heteroatoms. The number of likely N-dealkylation sites (tertiary alicyclic amines) is 1. The van der Waals surface area contributed by atoms with Crippen LogP contribution in [-0.2, 0) is 19.1 Å². The van der Waals surface area contributed by atoms with Gasteiger partial charge in [-0.25, -0.2) is 0 Å². The molecule has 2 aliphatic rings. The fraction of sp³-hybridized carbons (Fsp3) is 0.900. The molecule has 28 heavy (non-hydrogen) atoms. The van der Waals surface area contributed by atoms with Gasteiger partial charge in [-0.1, -0.05) is 13.8 Å². The van der Waals surface area contributed by atoms with Gasteiger partial charge in [-0.15, -0.1) is 0 Å². The predicted molar refractivity (Wildman–Crippen MR) is 103 cm³/mol. The second-order valence-corrected chi connectivity index (χ2v) is 7.97. The summed E-state index contributed by atoms with van der Waals surface area (Å²) >= 11 is 0. The molecule has 5 unspecified atom stereocenters. The van der Waals surface area contributed by atoms with E-state index in [1.165, 1.54) is 6.92 Å². The average Bonchev–Trinajstić information content (AvgIpc) is 2.66. The average molecular weight is 401 g/mol. The molecule has 0 saturated carbocycles. The van der Waals surface area contributed by atoms with Gasteiger partial charge in [0.15, 0.2) is 6.29 Å². The summed E-state index contributed by atoms with van der Waals surface area (Å²) in [5.74, 6) is -0.213. The number of unbranched alkanes of at least 4 members (excludes halogenated alkanes) is 1. The topological polar surface area (TPSA) is 108 Å². The molecule has 8 nitrogen and oxygen atoms in total. The molecule has 0 aromatic heterocycles. The van der Waals surface area contributed by atoms with Gasteiger partial charge >= 0.3 is 0 Å². The van der Waals surface area contributed by atoms with E-state index < -0.39 is 18.4 Å². The van der Waals surface area contributed by atoms with Gasteiger partial charge in [0.05, 0.1) is 18.3 Å². The van der Waals surface area contributed by atoms with Crippen LogP contribution in [0.3, 0.4) is 0 Å². The van der Waals surface area contributed by atoms with E-state index in [1.54, 1.807) is 0 Å². The molecule has 2 aliphatic heterocycles. The molecule has 5 atom stereocenters. The van der Waals surface area contributed by atoms with E-state index in [0.29, 0.717) is 51.8 Å². The molecule has 0 bridgehead atoms. The highest BCUT2D eigenvalue weighted by Crippen LogP contribution is 2.28. The first-order chi connectivity index (χ1) is 13.3. The van der Waals surface area contributed by atoms with Crippen LogP contribution in [-0.4, -0.2) is 77.3 Å². The van der Waals surface area contributed by atoms with Gasteiger partial charge in [-0.05, 0) is 32.1 Å². The van der Waals surface area contributed by atoms with E-state index in [0.717, 1.165) is 6.42 Å². The highest BCUT2D eigenvalue weighted by Gasteiger charge is 2.43. The van der Waals surface area contributed by atoms with E-state index >= 15 is 0 Å². The van der Waals surface area contributed by atoms with E-state index in [9.17, 15) is 19.8 Å². The summed E-state index contributed by atoms with van der Waals surface area (Å²) in [6.07, 6.45) is 2.07. The van der Waals surface area contributed by atoms with Crippen LogP contribution in [0.25, 0.3) is 0 Å². The SMILES string of the molecule is CCC1OC(OCCCCC(=O)N2CCC(O)CC2)C(NC(C)=O)C(O)C1C. The van der Waals surface area contributed by atoms with E-state index in [2.05, 4.69) is 5.32 Å². The second kappa shape index (κ2) is 11.1. The Balaban J connectivity index is 1.74. The van der Waals surface area contributed by atoms with Crippen LogP contribution in [0.2, 0.25) is 0 Å². The number of aliphatic hydroxyl groups is 2. The van der Waals surface area contributed by atoms with Gasteiger partial charge in [0, 0.05) is 39.0 Å². The van der Waals surface area contributed by atoms with E-state index in [-0.39, 0.29) is 29.9 Å². The molecule has 2 amide bonds. The summed E-state index contributed by atoms with van der Waals surface area (Å²) in [4.78, 5) is 25.5. The molecular formula is C20H36N2O6. The zero-order valence-corrected chi connectivity index (χ0v) is 17.3. The maximum absolute atomic E-state index is 12.2. The molecule has 0 aliphatic carbocycles. The van der Waals surface area contributed by atoms with Crippen molar-refractivity contribution in [1.29, 1.82) is 0 Å².